The van der Waals surface area contributed by atoms with E-state index in [1.165, 1.54) is 0 Å². The Labute approximate surface area is 182 Å². The zero-order chi connectivity index (χ0) is 22.0. The molecule has 0 aliphatic carbocycles. The molecule has 0 spiro atoms. The number of aryl methyl sites for hydroxylation is 2. The van der Waals surface area contributed by atoms with Crippen molar-refractivity contribution in [2.45, 2.75) is 31.6 Å². The molecular weight excluding hydrogens is 408 g/mol. The molecule has 0 saturated heterocycles. The van der Waals surface area contributed by atoms with Crippen molar-refractivity contribution in [2.24, 2.45) is 0 Å². The molecule has 0 amide bonds. The van der Waals surface area contributed by atoms with Crippen LogP contribution in [0.5, 0.6) is 0 Å². The summed E-state index contributed by atoms with van der Waals surface area (Å²) in [4.78, 5) is 15.8. The van der Waals surface area contributed by atoms with Gasteiger partial charge in [0, 0.05) is 24.6 Å². The minimum absolute atomic E-state index is 0.0444. The van der Waals surface area contributed by atoms with Crippen LogP contribution in [0.25, 0.3) is 10.9 Å². The second-order valence-corrected chi connectivity index (χ2v) is 9.52. The van der Waals surface area contributed by atoms with E-state index in [2.05, 4.69) is 9.71 Å². The van der Waals surface area contributed by atoms with Gasteiger partial charge in [-0.1, -0.05) is 48.0 Å². The maximum atomic E-state index is 13.1. The number of sulfonamides is 1. The zero-order valence-electron chi connectivity index (χ0n) is 17.5. The van der Waals surface area contributed by atoms with E-state index in [0.717, 1.165) is 22.0 Å². The average Bonchev–Trinajstić information content (AvgIpc) is 3.17. The Morgan fingerprint density at radius 2 is 1.68 bits per heavy atom. The predicted octanol–water partition coefficient (Wildman–Crippen LogP) is 4.94. The Kier molecular flexibility index (Phi) is 5.65. The Morgan fingerprint density at radius 3 is 2.45 bits per heavy atom. The summed E-state index contributed by atoms with van der Waals surface area (Å²) in [6, 6.07) is 20.3. The molecule has 4 aromatic rings. The van der Waals surface area contributed by atoms with Crippen LogP contribution in [0.4, 0.5) is 5.69 Å². The summed E-state index contributed by atoms with van der Waals surface area (Å²) in [6.07, 6.45) is 2.32. The van der Waals surface area contributed by atoms with E-state index >= 15 is 0 Å². The summed E-state index contributed by atoms with van der Waals surface area (Å²) in [7, 11) is -3.79. The van der Waals surface area contributed by atoms with Crippen molar-refractivity contribution in [3.63, 3.8) is 0 Å². The molecule has 2 N–H and O–H groups in total. The Bertz CT molecular complexity index is 1370. The SMILES string of the molecule is Cc1cccc(CC(=O)Cc2ccc(C)c(S(=O)(=O)Nc3ccc4cc[nH]c4c3)c2)c1. The van der Waals surface area contributed by atoms with Crippen LogP contribution in [0.2, 0.25) is 0 Å². The summed E-state index contributed by atoms with van der Waals surface area (Å²) < 4.78 is 28.8. The summed E-state index contributed by atoms with van der Waals surface area (Å²) >= 11 is 0. The lowest BCUT2D eigenvalue weighted by atomic mass is 10.0. The van der Waals surface area contributed by atoms with Gasteiger partial charge < -0.3 is 4.98 Å². The number of hydrogen-bond donors (Lipinski definition) is 2. The van der Waals surface area contributed by atoms with Crippen LogP contribution in [0.15, 0.2) is 77.8 Å². The zero-order valence-corrected chi connectivity index (χ0v) is 18.3. The van der Waals surface area contributed by atoms with Crippen LogP contribution in [0.1, 0.15) is 22.3 Å². The standard InChI is InChI=1S/C25H24N2O3S/c1-17-4-3-5-19(12-17)13-23(28)14-20-7-6-18(2)25(15-20)31(29,30)27-22-9-8-21-10-11-26-24(21)16-22/h3-12,15-16,26-27H,13-14H2,1-2H3. The van der Waals surface area contributed by atoms with Gasteiger partial charge in [0.15, 0.2) is 0 Å². The molecule has 6 heteroatoms. The van der Waals surface area contributed by atoms with Gasteiger partial charge in [-0.15, -0.1) is 0 Å². The second kappa shape index (κ2) is 8.40. The monoisotopic (exact) mass is 432 g/mol. The highest BCUT2D eigenvalue weighted by Gasteiger charge is 2.19. The first-order valence-electron chi connectivity index (χ1n) is 10.1. The van der Waals surface area contributed by atoms with E-state index in [-0.39, 0.29) is 17.1 Å². The van der Waals surface area contributed by atoms with Gasteiger partial charge in [0.2, 0.25) is 0 Å². The number of aromatic nitrogens is 1. The molecule has 0 aliphatic rings. The van der Waals surface area contributed by atoms with Crippen LogP contribution in [-0.4, -0.2) is 19.2 Å². The van der Waals surface area contributed by atoms with E-state index in [9.17, 15) is 13.2 Å². The molecular formula is C25H24N2O3S. The fraction of sp³-hybridized carbons (Fsp3) is 0.160. The van der Waals surface area contributed by atoms with Crippen LogP contribution >= 0.6 is 0 Å². The van der Waals surface area contributed by atoms with E-state index in [1.807, 2.05) is 55.6 Å². The fourth-order valence-electron chi connectivity index (χ4n) is 3.71. The van der Waals surface area contributed by atoms with E-state index in [1.54, 1.807) is 31.2 Å². The number of ketones is 1. The van der Waals surface area contributed by atoms with Gasteiger partial charge in [-0.3, -0.25) is 9.52 Å². The predicted molar refractivity (Wildman–Crippen MR) is 124 cm³/mol. The first-order chi connectivity index (χ1) is 14.8. The van der Waals surface area contributed by atoms with E-state index in [0.29, 0.717) is 23.2 Å². The van der Waals surface area contributed by atoms with Crippen LogP contribution in [0, 0.1) is 13.8 Å². The van der Waals surface area contributed by atoms with Crippen molar-refractivity contribution >= 4 is 32.4 Å². The summed E-state index contributed by atoms with van der Waals surface area (Å²) in [5.74, 6) is 0.0444. The Hall–Kier alpha value is -3.38. The third kappa shape index (κ3) is 4.86. The lowest BCUT2D eigenvalue weighted by Gasteiger charge is -2.12. The van der Waals surface area contributed by atoms with Crippen LogP contribution in [0.3, 0.4) is 0 Å². The molecule has 31 heavy (non-hydrogen) atoms. The number of Topliss-reactive ketones (excluding diaryl/α,β-unsaturated/α-hetero) is 1. The lowest BCUT2D eigenvalue weighted by molar-refractivity contribution is -0.117. The van der Waals surface area contributed by atoms with Gasteiger partial charge in [0.1, 0.15) is 5.78 Å². The number of carbonyl (C=O) groups is 1. The summed E-state index contributed by atoms with van der Waals surface area (Å²) in [5.41, 5.74) is 4.72. The second-order valence-electron chi connectivity index (χ2n) is 7.87. The number of nitrogens with one attached hydrogen (secondary N) is 2. The number of carbonyl (C=O) groups excluding carboxylic acids is 1. The molecule has 1 aromatic heterocycles. The lowest BCUT2D eigenvalue weighted by Crippen LogP contribution is -2.15. The average molecular weight is 433 g/mol. The van der Waals surface area contributed by atoms with Crippen LogP contribution < -0.4 is 4.72 Å². The summed E-state index contributed by atoms with van der Waals surface area (Å²) in [5, 5.41) is 1.01. The highest BCUT2D eigenvalue weighted by atomic mass is 32.2. The number of hydrogen-bond acceptors (Lipinski definition) is 3. The van der Waals surface area contributed by atoms with Crippen molar-refractivity contribution < 1.29 is 13.2 Å². The van der Waals surface area contributed by atoms with Crippen molar-refractivity contribution in [3.05, 3.63) is 95.2 Å². The third-order valence-electron chi connectivity index (χ3n) is 5.23. The van der Waals surface area contributed by atoms with E-state index < -0.39 is 10.0 Å². The molecule has 0 bridgehead atoms. The molecule has 0 fully saturated rings. The number of aromatic amines is 1. The fourth-order valence-corrected chi connectivity index (χ4v) is 5.05. The molecule has 0 aliphatic heterocycles. The van der Waals surface area contributed by atoms with E-state index in [4.69, 9.17) is 0 Å². The molecule has 0 unspecified atom stereocenters. The number of rotatable bonds is 7. The maximum absolute atomic E-state index is 13.1. The first kappa shape index (κ1) is 20.9. The normalized spacial score (nSPS) is 11.5. The molecule has 0 saturated carbocycles. The molecule has 5 nitrogen and oxygen atoms in total. The van der Waals surface area contributed by atoms with Gasteiger partial charge in [0.05, 0.1) is 10.6 Å². The highest BCUT2D eigenvalue weighted by molar-refractivity contribution is 7.92. The number of H-pyrrole nitrogens is 1. The Balaban J connectivity index is 1.54. The van der Waals surface area contributed by atoms with Crippen molar-refractivity contribution in [2.75, 3.05) is 4.72 Å². The third-order valence-corrected chi connectivity index (χ3v) is 6.76. The Morgan fingerprint density at radius 1 is 0.903 bits per heavy atom. The largest absolute Gasteiger partial charge is 0.361 e. The van der Waals surface area contributed by atoms with Gasteiger partial charge >= 0.3 is 0 Å². The van der Waals surface area contributed by atoms with Gasteiger partial charge in [-0.25, -0.2) is 8.42 Å². The quantitative estimate of drug-likeness (QED) is 0.434. The molecule has 1 heterocycles. The highest BCUT2D eigenvalue weighted by Crippen LogP contribution is 2.24. The smallest absolute Gasteiger partial charge is 0.262 e. The molecule has 0 radical (unpaired) electrons. The molecule has 0 atom stereocenters. The van der Waals surface area contributed by atoms with Gasteiger partial charge in [-0.2, -0.15) is 0 Å². The van der Waals surface area contributed by atoms with Crippen LogP contribution in [-0.2, 0) is 27.7 Å². The number of benzene rings is 3. The number of anilines is 1. The van der Waals surface area contributed by atoms with Crippen molar-refractivity contribution in [1.29, 1.82) is 0 Å². The maximum Gasteiger partial charge on any atom is 0.262 e. The topological polar surface area (TPSA) is 79.0 Å². The molecule has 4 rings (SSSR count). The first-order valence-corrected chi connectivity index (χ1v) is 11.6. The minimum atomic E-state index is -3.79. The van der Waals surface area contributed by atoms with Crippen molar-refractivity contribution in [1.82, 2.24) is 4.98 Å². The summed E-state index contributed by atoms with van der Waals surface area (Å²) in [6.45, 7) is 3.74. The minimum Gasteiger partial charge on any atom is -0.361 e. The van der Waals surface area contributed by atoms with Gasteiger partial charge in [0.25, 0.3) is 10.0 Å². The molecule has 3 aromatic carbocycles. The van der Waals surface area contributed by atoms with Gasteiger partial charge in [-0.05, 0) is 60.2 Å². The molecule has 158 valence electrons. The number of fused-ring (bicyclic) bond motifs is 1. The van der Waals surface area contributed by atoms with Crippen molar-refractivity contribution in [3.8, 4) is 0 Å².